The number of ether oxygens (including phenoxy) is 1. The molecule has 1 amide bonds. The predicted octanol–water partition coefficient (Wildman–Crippen LogP) is 3.00. The second kappa shape index (κ2) is 9.72. The minimum atomic E-state index is -0.688. The lowest BCUT2D eigenvalue weighted by Crippen LogP contribution is -2.44. The number of hydrogen-bond donors (Lipinski definition) is 2. The molecule has 0 saturated heterocycles. The van der Waals surface area contributed by atoms with Gasteiger partial charge in [0.1, 0.15) is 11.6 Å². The highest BCUT2D eigenvalue weighted by Gasteiger charge is 2.25. The van der Waals surface area contributed by atoms with Gasteiger partial charge in [0, 0.05) is 18.5 Å². The van der Waals surface area contributed by atoms with Crippen LogP contribution >= 0.6 is 0 Å². The molecule has 8 heteroatoms. The van der Waals surface area contributed by atoms with Gasteiger partial charge in [0.25, 0.3) is 11.5 Å². The van der Waals surface area contributed by atoms with Crippen LogP contribution in [0.15, 0.2) is 52.1 Å². The monoisotopic (exact) mass is 438 g/mol. The number of nitrogens with two attached hydrogens (primary N) is 1. The lowest BCUT2D eigenvalue weighted by molar-refractivity contribution is -0.120. The molecule has 3 aromatic rings. The number of aromatic amines is 1. The van der Waals surface area contributed by atoms with E-state index < -0.39 is 17.2 Å². The largest absolute Gasteiger partial charge is 0.483 e. The molecule has 8 nitrogen and oxygen atoms in total. The van der Waals surface area contributed by atoms with Crippen molar-refractivity contribution in [1.82, 2.24) is 9.55 Å². The fourth-order valence-electron chi connectivity index (χ4n) is 3.61. The van der Waals surface area contributed by atoms with Gasteiger partial charge in [-0.15, -0.1) is 0 Å². The number of carbonyl (C=O) groups is 1. The summed E-state index contributed by atoms with van der Waals surface area (Å²) in [5.74, 6) is 0.316. The van der Waals surface area contributed by atoms with Crippen molar-refractivity contribution in [2.24, 2.45) is 11.8 Å². The second-order valence-corrected chi connectivity index (χ2v) is 8.66. The van der Waals surface area contributed by atoms with Crippen LogP contribution in [0, 0.1) is 11.8 Å². The highest BCUT2D eigenvalue weighted by Crippen LogP contribution is 2.26. The summed E-state index contributed by atoms with van der Waals surface area (Å²) in [5.41, 5.74) is 4.94. The van der Waals surface area contributed by atoms with Crippen LogP contribution in [0.25, 0.3) is 10.8 Å². The number of H-pyrrole nitrogens is 1. The first kappa shape index (κ1) is 23.1. The number of benzene rings is 2. The van der Waals surface area contributed by atoms with E-state index in [0.29, 0.717) is 12.3 Å². The minimum Gasteiger partial charge on any atom is -0.483 e. The number of nitrogen functional groups attached to an aromatic ring is 1. The van der Waals surface area contributed by atoms with E-state index >= 15 is 0 Å². The number of rotatable bonds is 8. The topological polar surface area (TPSA) is 110 Å². The minimum absolute atomic E-state index is 0.0217. The molecule has 0 bridgehead atoms. The van der Waals surface area contributed by atoms with E-state index in [4.69, 9.17) is 10.5 Å². The van der Waals surface area contributed by atoms with Crippen LogP contribution in [-0.2, 0) is 11.3 Å². The molecule has 0 spiro atoms. The van der Waals surface area contributed by atoms with Crippen molar-refractivity contribution in [3.8, 4) is 5.75 Å². The van der Waals surface area contributed by atoms with Gasteiger partial charge < -0.3 is 15.4 Å². The third kappa shape index (κ3) is 5.01. The molecule has 1 heterocycles. The summed E-state index contributed by atoms with van der Waals surface area (Å²) in [6, 6.07) is 13.3. The molecule has 2 aromatic carbocycles. The summed E-state index contributed by atoms with van der Waals surface area (Å²) in [5, 5.41) is 1.89. The van der Waals surface area contributed by atoms with Gasteiger partial charge in [0.15, 0.2) is 12.3 Å². The maximum absolute atomic E-state index is 13.2. The Morgan fingerprint density at radius 3 is 2.44 bits per heavy atom. The first-order chi connectivity index (χ1) is 15.2. The average molecular weight is 439 g/mol. The molecule has 0 unspecified atom stereocenters. The average Bonchev–Trinajstić information content (AvgIpc) is 2.73. The molecule has 0 fully saturated rings. The Labute approximate surface area is 186 Å². The van der Waals surface area contributed by atoms with Crippen LogP contribution < -0.4 is 26.6 Å². The zero-order chi connectivity index (χ0) is 23.4. The molecule has 0 aliphatic rings. The van der Waals surface area contributed by atoms with Crippen LogP contribution in [0.2, 0.25) is 0 Å². The molecule has 0 aliphatic heterocycles. The summed E-state index contributed by atoms with van der Waals surface area (Å²) < 4.78 is 7.15. The predicted molar refractivity (Wildman–Crippen MR) is 127 cm³/mol. The van der Waals surface area contributed by atoms with E-state index in [1.54, 1.807) is 6.07 Å². The smallest absolute Gasteiger partial charge is 0.330 e. The van der Waals surface area contributed by atoms with Gasteiger partial charge in [0.05, 0.1) is 0 Å². The van der Waals surface area contributed by atoms with Crippen molar-refractivity contribution in [1.29, 1.82) is 0 Å². The van der Waals surface area contributed by atoms with Gasteiger partial charge in [-0.3, -0.25) is 19.1 Å². The van der Waals surface area contributed by atoms with Crippen molar-refractivity contribution < 1.29 is 9.53 Å². The molecule has 1 aromatic heterocycles. The van der Waals surface area contributed by atoms with E-state index in [1.807, 2.05) is 64.1 Å². The Balaban J connectivity index is 1.95. The van der Waals surface area contributed by atoms with Crippen LogP contribution in [0.5, 0.6) is 5.75 Å². The first-order valence-electron chi connectivity index (χ1n) is 10.7. The fraction of sp³-hybridized carbons (Fsp3) is 0.375. The highest BCUT2D eigenvalue weighted by molar-refractivity contribution is 5.97. The number of aromatic nitrogens is 2. The third-order valence-corrected chi connectivity index (χ3v) is 4.98. The Hall–Kier alpha value is -3.55. The standard InChI is InChI=1S/C24H30N4O4/c1-15(2)12-27(21-22(25)28(13-16(3)4)24(31)26-23(21)30)20(29)14-32-19-11-7-9-17-8-5-6-10-18(17)19/h5-11,15-16H,12-14,25H2,1-4H3,(H,26,30,31). The molecular formula is C24H30N4O4. The molecular weight excluding hydrogens is 408 g/mol. The van der Waals surface area contributed by atoms with Gasteiger partial charge in [-0.2, -0.15) is 0 Å². The van der Waals surface area contributed by atoms with Crippen LogP contribution in [0.3, 0.4) is 0 Å². The number of nitrogens with zero attached hydrogens (tertiary/aromatic N) is 2. The molecule has 0 saturated carbocycles. The SMILES string of the molecule is CC(C)CN(C(=O)COc1cccc2ccccc12)c1c(N)n(CC(C)C)c(=O)[nH]c1=O. The van der Waals surface area contributed by atoms with Crippen molar-refractivity contribution in [2.45, 2.75) is 34.2 Å². The van der Waals surface area contributed by atoms with Crippen molar-refractivity contribution in [3.63, 3.8) is 0 Å². The maximum Gasteiger partial charge on any atom is 0.330 e. The molecule has 170 valence electrons. The molecule has 3 rings (SSSR count). The summed E-state index contributed by atoms with van der Waals surface area (Å²) in [6.45, 7) is 8.04. The van der Waals surface area contributed by atoms with Crippen molar-refractivity contribution >= 4 is 28.2 Å². The molecule has 32 heavy (non-hydrogen) atoms. The zero-order valence-electron chi connectivity index (χ0n) is 18.9. The summed E-state index contributed by atoms with van der Waals surface area (Å²) in [6.07, 6.45) is 0. The molecule has 3 N–H and O–H groups in total. The van der Waals surface area contributed by atoms with Gasteiger partial charge in [-0.05, 0) is 23.3 Å². The Kier molecular flexibility index (Phi) is 7.02. The number of hydrogen-bond acceptors (Lipinski definition) is 5. The number of nitrogens with one attached hydrogen (secondary N) is 1. The van der Waals surface area contributed by atoms with E-state index in [-0.39, 0.29) is 36.5 Å². The maximum atomic E-state index is 13.2. The molecule has 0 atom stereocenters. The fourth-order valence-corrected chi connectivity index (χ4v) is 3.61. The molecule has 0 radical (unpaired) electrons. The number of fused-ring (bicyclic) bond motifs is 1. The quantitative estimate of drug-likeness (QED) is 0.562. The van der Waals surface area contributed by atoms with Crippen molar-refractivity contribution in [2.75, 3.05) is 23.8 Å². The van der Waals surface area contributed by atoms with Crippen LogP contribution in [0.4, 0.5) is 11.5 Å². The van der Waals surface area contributed by atoms with E-state index in [2.05, 4.69) is 4.98 Å². The van der Waals surface area contributed by atoms with Gasteiger partial charge in [0.2, 0.25) is 0 Å². The second-order valence-electron chi connectivity index (χ2n) is 8.66. The summed E-state index contributed by atoms with van der Waals surface area (Å²) in [7, 11) is 0. The van der Waals surface area contributed by atoms with Gasteiger partial charge >= 0.3 is 5.69 Å². The van der Waals surface area contributed by atoms with E-state index in [9.17, 15) is 14.4 Å². The lowest BCUT2D eigenvalue weighted by Gasteiger charge is -2.26. The van der Waals surface area contributed by atoms with Gasteiger partial charge in [-0.25, -0.2) is 4.79 Å². The number of carbonyl (C=O) groups excluding carboxylic acids is 1. The third-order valence-electron chi connectivity index (χ3n) is 4.98. The summed E-state index contributed by atoms with van der Waals surface area (Å²) >= 11 is 0. The normalized spacial score (nSPS) is 11.3. The lowest BCUT2D eigenvalue weighted by atomic mass is 10.1. The van der Waals surface area contributed by atoms with Crippen LogP contribution in [0.1, 0.15) is 27.7 Å². The first-order valence-corrected chi connectivity index (χ1v) is 10.7. The van der Waals surface area contributed by atoms with E-state index in [1.165, 1.54) is 9.47 Å². The van der Waals surface area contributed by atoms with Gasteiger partial charge in [-0.1, -0.05) is 64.1 Å². The Morgan fingerprint density at radius 1 is 1.06 bits per heavy atom. The number of amides is 1. The van der Waals surface area contributed by atoms with E-state index in [0.717, 1.165) is 10.8 Å². The number of anilines is 2. The zero-order valence-corrected chi connectivity index (χ0v) is 18.9. The Morgan fingerprint density at radius 2 is 1.75 bits per heavy atom. The van der Waals surface area contributed by atoms with Crippen molar-refractivity contribution in [3.05, 3.63) is 63.3 Å². The highest BCUT2D eigenvalue weighted by atomic mass is 16.5. The Bertz CT molecular complexity index is 1220. The van der Waals surface area contributed by atoms with Crippen LogP contribution in [-0.4, -0.2) is 28.6 Å². The molecule has 0 aliphatic carbocycles. The summed E-state index contributed by atoms with van der Waals surface area (Å²) in [4.78, 5) is 41.8.